The summed E-state index contributed by atoms with van der Waals surface area (Å²) >= 11 is 0. The summed E-state index contributed by atoms with van der Waals surface area (Å²) in [6.45, 7) is 8.89. The average molecular weight is 255 g/mol. The molecule has 2 aromatic carbocycles. The first kappa shape index (κ1) is 13.5. The molecule has 0 saturated carbocycles. The lowest BCUT2D eigenvalue weighted by Gasteiger charge is -2.15. The van der Waals surface area contributed by atoms with E-state index in [1.54, 1.807) is 0 Å². The van der Waals surface area contributed by atoms with Crippen LogP contribution in [0.25, 0.3) is 0 Å². The third-order valence-electron chi connectivity index (χ3n) is 3.73. The smallest absolute Gasteiger partial charge is 0.123 e. The highest BCUT2D eigenvalue weighted by atomic mass is 16.3. The van der Waals surface area contributed by atoms with Crippen LogP contribution >= 0.6 is 0 Å². The fourth-order valence-electron chi connectivity index (χ4n) is 2.34. The lowest BCUT2D eigenvalue weighted by molar-refractivity contribution is 0.467. The van der Waals surface area contributed by atoms with E-state index in [1.165, 1.54) is 16.7 Å². The molecule has 0 atom stereocenters. The Bertz CT molecular complexity index is 582. The number of aromatic hydroxyl groups is 1. The molecular weight excluding hydrogens is 234 g/mol. The van der Waals surface area contributed by atoms with E-state index < -0.39 is 0 Å². The van der Waals surface area contributed by atoms with Crippen molar-refractivity contribution in [3.63, 3.8) is 0 Å². The molecule has 0 unspecified atom stereocenters. The Labute approximate surface area is 115 Å². The Morgan fingerprint density at radius 3 is 2.16 bits per heavy atom. The SMILES string of the molecule is Cc1ccc(NCc2c(C)cccc2C)c(C)c1O. The van der Waals surface area contributed by atoms with Crippen LogP contribution in [0.3, 0.4) is 0 Å². The van der Waals surface area contributed by atoms with Gasteiger partial charge in [-0.1, -0.05) is 24.3 Å². The fourth-order valence-corrected chi connectivity index (χ4v) is 2.34. The normalized spacial score (nSPS) is 10.5. The van der Waals surface area contributed by atoms with Crippen LogP contribution in [0.5, 0.6) is 5.75 Å². The van der Waals surface area contributed by atoms with E-state index in [2.05, 4.69) is 37.4 Å². The van der Waals surface area contributed by atoms with Crippen LogP contribution < -0.4 is 5.32 Å². The highest BCUT2D eigenvalue weighted by Gasteiger charge is 2.07. The molecule has 0 fully saturated rings. The predicted molar refractivity (Wildman–Crippen MR) is 80.8 cm³/mol. The Morgan fingerprint density at radius 2 is 1.53 bits per heavy atom. The highest BCUT2D eigenvalue weighted by molar-refractivity contribution is 5.59. The first-order valence-corrected chi connectivity index (χ1v) is 6.59. The van der Waals surface area contributed by atoms with Gasteiger partial charge < -0.3 is 10.4 Å². The van der Waals surface area contributed by atoms with Gasteiger partial charge in [0.05, 0.1) is 0 Å². The van der Waals surface area contributed by atoms with E-state index in [-0.39, 0.29) is 0 Å². The summed E-state index contributed by atoms with van der Waals surface area (Å²) in [6.07, 6.45) is 0. The van der Waals surface area contributed by atoms with Gasteiger partial charge in [0.25, 0.3) is 0 Å². The van der Waals surface area contributed by atoms with E-state index >= 15 is 0 Å². The maximum Gasteiger partial charge on any atom is 0.123 e. The number of benzene rings is 2. The van der Waals surface area contributed by atoms with Gasteiger partial charge in [-0.2, -0.15) is 0 Å². The van der Waals surface area contributed by atoms with Gasteiger partial charge in [0.15, 0.2) is 0 Å². The molecule has 2 N–H and O–H groups in total. The molecule has 2 nitrogen and oxygen atoms in total. The van der Waals surface area contributed by atoms with Crippen LogP contribution in [0.4, 0.5) is 5.69 Å². The zero-order chi connectivity index (χ0) is 14.0. The summed E-state index contributed by atoms with van der Waals surface area (Å²) in [4.78, 5) is 0. The molecule has 19 heavy (non-hydrogen) atoms. The molecule has 2 heteroatoms. The molecular formula is C17H21NO. The van der Waals surface area contributed by atoms with Crippen molar-refractivity contribution in [1.82, 2.24) is 0 Å². The Balaban J connectivity index is 2.22. The molecule has 0 aliphatic rings. The zero-order valence-corrected chi connectivity index (χ0v) is 12.0. The second kappa shape index (κ2) is 5.35. The number of phenols is 1. The second-order valence-corrected chi connectivity index (χ2v) is 5.13. The van der Waals surface area contributed by atoms with Crippen LogP contribution in [0.1, 0.15) is 27.8 Å². The predicted octanol–water partition coefficient (Wildman–Crippen LogP) is 4.24. The number of phenolic OH excluding ortho intramolecular Hbond substituents is 1. The molecule has 0 spiro atoms. The molecule has 0 aliphatic carbocycles. The molecule has 0 aromatic heterocycles. The lowest BCUT2D eigenvalue weighted by atomic mass is 10.0. The summed E-state index contributed by atoms with van der Waals surface area (Å²) < 4.78 is 0. The van der Waals surface area contributed by atoms with Crippen molar-refractivity contribution in [2.75, 3.05) is 5.32 Å². The van der Waals surface area contributed by atoms with E-state index in [4.69, 9.17) is 0 Å². The largest absolute Gasteiger partial charge is 0.507 e. The highest BCUT2D eigenvalue weighted by Crippen LogP contribution is 2.28. The topological polar surface area (TPSA) is 32.3 Å². The van der Waals surface area contributed by atoms with Gasteiger partial charge in [-0.05, 0) is 56.0 Å². The van der Waals surface area contributed by atoms with Crippen molar-refractivity contribution in [3.8, 4) is 5.75 Å². The third-order valence-corrected chi connectivity index (χ3v) is 3.73. The van der Waals surface area contributed by atoms with E-state index in [9.17, 15) is 5.11 Å². The maximum atomic E-state index is 9.95. The van der Waals surface area contributed by atoms with Crippen molar-refractivity contribution >= 4 is 5.69 Å². The summed E-state index contributed by atoms with van der Waals surface area (Å²) in [6, 6.07) is 10.3. The Morgan fingerprint density at radius 1 is 0.895 bits per heavy atom. The van der Waals surface area contributed by atoms with Crippen molar-refractivity contribution in [1.29, 1.82) is 0 Å². The molecule has 0 bridgehead atoms. The summed E-state index contributed by atoms with van der Waals surface area (Å²) in [5.41, 5.74) is 6.72. The van der Waals surface area contributed by atoms with E-state index in [0.29, 0.717) is 5.75 Å². The average Bonchev–Trinajstić information content (AvgIpc) is 2.38. The van der Waals surface area contributed by atoms with Gasteiger partial charge in [-0.3, -0.25) is 0 Å². The Hall–Kier alpha value is -1.96. The molecule has 0 aliphatic heterocycles. The van der Waals surface area contributed by atoms with Crippen LogP contribution in [0.15, 0.2) is 30.3 Å². The molecule has 0 heterocycles. The van der Waals surface area contributed by atoms with Crippen LogP contribution in [-0.2, 0) is 6.54 Å². The van der Waals surface area contributed by atoms with Gasteiger partial charge in [0, 0.05) is 17.8 Å². The third kappa shape index (κ3) is 2.73. The van der Waals surface area contributed by atoms with Crippen molar-refractivity contribution in [2.24, 2.45) is 0 Å². The zero-order valence-electron chi connectivity index (χ0n) is 12.0. The number of rotatable bonds is 3. The van der Waals surface area contributed by atoms with E-state index in [1.807, 2.05) is 26.0 Å². The Kier molecular flexibility index (Phi) is 3.79. The van der Waals surface area contributed by atoms with Gasteiger partial charge >= 0.3 is 0 Å². The molecule has 0 amide bonds. The van der Waals surface area contributed by atoms with Crippen LogP contribution in [-0.4, -0.2) is 5.11 Å². The van der Waals surface area contributed by atoms with Crippen LogP contribution in [0, 0.1) is 27.7 Å². The molecule has 2 aromatic rings. The van der Waals surface area contributed by atoms with Crippen LogP contribution in [0.2, 0.25) is 0 Å². The maximum absolute atomic E-state index is 9.95. The molecule has 2 rings (SSSR count). The number of hydrogen-bond donors (Lipinski definition) is 2. The molecule has 0 radical (unpaired) electrons. The number of aryl methyl sites for hydroxylation is 3. The van der Waals surface area contributed by atoms with Gasteiger partial charge in [-0.25, -0.2) is 0 Å². The number of anilines is 1. The number of nitrogens with one attached hydrogen (secondary N) is 1. The van der Waals surface area contributed by atoms with E-state index in [0.717, 1.165) is 23.4 Å². The van der Waals surface area contributed by atoms with Crippen molar-refractivity contribution in [2.45, 2.75) is 34.2 Å². The minimum absolute atomic E-state index is 0.381. The number of hydrogen-bond acceptors (Lipinski definition) is 2. The fraction of sp³-hybridized carbons (Fsp3) is 0.294. The molecule has 100 valence electrons. The van der Waals surface area contributed by atoms with Crippen molar-refractivity contribution in [3.05, 3.63) is 58.1 Å². The van der Waals surface area contributed by atoms with Gasteiger partial charge in [0.1, 0.15) is 5.75 Å². The van der Waals surface area contributed by atoms with Gasteiger partial charge in [-0.15, -0.1) is 0 Å². The summed E-state index contributed by atoms with van der Waals surface area (Å²) in [7, 11) is 0. The summed E-state index contributed by atoms with van der Waals surface area (Å²) in [5, 5.41) is 13.4. The lowest BCUT2D eigenvalue weighted by Crippen LogP contribution is -2.04. The minimum Gasteiger partial charge on any atom is -0.507 e. The standard InChI is InChI=1S/C17H21NO/c1-11-6-5-7-12(2)15(11)10-18-16-9-8-13(3)17(19)14(16)4/h5-9,18-19H,10H2,1-4H3. The minimum atomic E-state index is 0.381. The second-order valence-electron chi connectivity index (χ2n) is 5.13. The first-order chi connectivity index (χ1) is 9.00. The van der Waals surface area contributed by atoms with Gasteiger partial charge in [0.2, 0.25) is 0 Å². The summed E-state index contributed by atoms with van der Waals surface area (Å²) in [5.74, 6) is 0.381. The van der Waals surface area contributed by atoms with Crippen molar-refractivity contribution < 1.29 is 5.11 Å². The monoisotopic (exact) mass is 255 g/mol. The molecule has 0 saturated heterocycles. The quantitative estimate of drug-likeness (QED) is 0.860. The first-order valence-electron chi connectivity index (χ1n) is 6.59.